The molecule has 3 heteroatoms. The van der Waals surface area contributed by atoms with Gasteiger partial charge in [0.05, 0.1) is 12.1 Å². The topological polar surface area (TPSA) is 9.23 Å². The van der Waals surface area contributed by atoms with Crippen LogP contribution >= 0.6 is 23.2 Å². The van der Waals surface area contributed by atoms with Crippen molar-refractivity contribution in [2.45, 2.75) is 6.92 Å². The molecule has 60 valence electrons. The van der Waals surface area contributed by atoms with Crippen molar-refractivity contribution < 1.29 is 4.74 Å². The monoisotopic (exact) mass is 190 g/mol. The van der Waals surface area contributed by atoms with Crippen molar-refractivity contribution in [3.63, 3.8) is 0 Å². The Kier molecular flexibility index (Phi) is 2.63. The van der Waals surface area contributed by atoms with E-state index in [-0.39, 0.29) is 0 Å². The minimum atomic E-state index is 0.583. The lowest BCUT2D eigenvalue weighted by Gasteiger charge is -2.05. The molecule has 1 aromatic rings. The largest absolute Gasteiger partial charge is 0.495 e. The molecule has 0 saturated heterocycles. The van der Waals surface area contributed by atoms with E-state index in [1.165, 1.54) is 0 Å². The number of hydrogen-bond donors (Lipinski definition) is 0. The Morgan fingerprint density at radius 3 is 2.45 bits per heavy atom. The Balaban J connectivity index is 3.25. The van der Waals surface area contributed by atoms with Gasteiger partial charge >= 0.3 is 0 Å². The van der Waals surface area contributed by atoms with Crippen LogP contribution in [0, 0.1) is 6.92 Å². The van der Waals surface area contributed by atoms with Gasteiger partial charge in [0.2, 0.25) is 0 Å². The maximum atomic E-state index is 5.89. The Bertz CT molecular complexity index is 271. The zero-order valence-electron chi connectivity index (χ0n) is 6.32. The van der Waals surface area contributed by atoms with Crippen molar-refractivity contribution >= 4 is 23.2 Å². The van der Waals surface area contributed by atoms with Crippen LogP contribution in [0.4, 0.5) is 0 Å². The Morgan fingerprint density at radius 1 is 1.27 bits per heavy atom. The van der Waals surface area contributed by atoms with Gasteiger partial charge in [0, 0.05) is 5.02 Å². The van der Waals surface area contributed by atoms with E-state index in [4.69, 9.17) is 27.9 Å². The first-order chi connectivity index (χ1) is 5.16. The molecule has 0 aliphatic rings. The number of ether oxygens (including phenoxy) is 1. The summed E-state index contributed by atoms with van der Waals surface area (Å²) >= 11 is 11.7. The summed E-state index contributed by atoms with van der Waals surface area (Å²) in [5, 5.41) is 1.25. The standard InChI is InChI=1S/C8H8Cl2O/c1-5-6(9)3-4-7(11-2)8(5)10/h3-4H,1-2H3. The summed E-state index contributed by atoms with van der Waals surface area (Å²) in [5.74, 6) is 0.661. The first-order valence-corrected chi connectivity index (χ1v) is 3.91. The smallest absolute Gasteiger partial charge is 0.137 e. The molecule has 0 radical (unpaired) electrons. The molecule has 0 spiro atoms. The lowest BCUT2D eigenvalue weighted by Crippen LogP contribution is -1.86. The molecule has 11 heavy (non-hydrogen) atoms. The van der Waals surface area contributed by atoms with E-state index in [1.54, 1.807) is 19.2 Å². The van der Waals surface area contributed by atoms with Gasteiger partial charge in [-0.15, -0.1) is 0 Å². The highest BCUT2D eigenvalue weighted by atomic mass is 35.5. The molecule has 0 bridgehead atoms. The molecule has 0 unspecified atom stereocenters. The molecule has 0 fully saturated rings. The molecule has 0 aromatic heterocycles. The van der Waals surface area contributed by atoms with Crippen LogP contribution in [0.25, 0.3) is 0 Å². The molecule has 0 N–H and O–H groups in total. The third kappa shape index (κ3) is 1.60. The second-order valence-corrected chi connectivity index (χ2v) is 2.97. The molecule has 0 saturated carbocycles. The Hall–Kier alpha value is -0.400. The van der Waals surface area contributed by atoms with E-state index < -0.39 is 0 Å². The van der Waals surface area contributed by atoms with Crippen LogP contribution in [0.1, 0.15) is 5.56 Å². The fraction of sp³-hybridized carbons (Fsp3) is 0.250. The highest BCUT2D eigenvalue weighted by Crippen LogP contribution is 2.31. The highest BCUT2D eigenvalue weighted by molar-refractivity contribution is 6.36. The van der Waals surface area contributed by atoms with Crippen LogP contribution in [0.2, 0.25) is 10.0 Å². The SMILES string of the molecule is COc1ccc(Cl)c(C)c1Cl. The minimum absolute atomic E-state index is 0.583. The van der Waals surface area contributed by atoms with Gasteiger partial charge in [-0.3, -0.25) is 0 Å². The molecular weight excluding hydrogens is 183 g/mol. The molecule has 0 heterocycles. The first-order valence-electron chi connectivity index (χ1n) is 3.15. The molecule has 0 atom stereocenters. The van der Waals surface area contributed by atoms with Gasteiger partial charge in [-0.05, 0) is 24.6 Å². The lowest BCUT2D eigenvalue weighted by atomic mass is 10.2. The molecule has 1 rings (SSSR count). The molecular formula is C8H8Cl2O. The van der Waals surface area contributed by atoms with E-state index in [9.17, 15) is 0 Å². The fourth-order valence-electron chi connectivity index (χ4n) is 0.794. The summed E-state index contributed by atoms with van der Waals surface area (Å²) in [6.07, 6.45) is 0. The van der Waals surface area contributed by atoms with Gasteiger partial charge < -0.3 is 4.74 Å². The molecule has 0 amide bonds. The summed E-state index contributed by atoms with van der Waals surface area (Å²) in [5.41, 5.74) is 0.854. The molecule has 1 aromatic carbocycles. The van der Waals surface area contributed by atoms with Crippen molar-refractivity contribution in [2.24, 2.45) is 0 Å². The highest BCUT2D eigenvalue weighted by Gasteiger charge is 2.05. The van der Waals surface area contributed by atoms with Crippen LogP contribution in [-0.2, 0) is 0 Å². The number of rotatable bonds is 1. The summed E-state index contributed by atoms with van der Waals surface area (Å²) in [7, 11) is 1.58. The predicted octanol–water partition coefficient (Wildman–Crippen LogP) is 3.31. The fourth-order valence-corrected chi connectivity index (χ4v) is 1.24. The molecule has 1 nitrogen and oxygen atoms in total. The lowest BCUT2D eigenvalue weighted by molar-refractivity contribution is 0.414. The number of hydrogen-bond acceptors (Lipinski definition) is 1. The predicted molar refractivity (Wildman–Crippen MR) is 47.8 cm³/mol. The third-order valence-electron chi connectivity index (χ3n) is 1.50. The van der Waals surface area contributed by atoms with Gasteiger partial charge in [0.1, 0.15) is 5.75 Å². The Labute approximate surface area is 75.9 Å². The second kappa shape index (κ2) is 3.33. The zero-order valence-corrected chi connectivity index (χ0v) is 7.83. The van der Waals surface area contributed by atoms with Gasteiger partial charge in [-0.25, -0.2) is 0 Å². The minimum Gasteiger partial charge on any atom is -0.495 e. The van der Waals surface area contributed by atoms with Gasteiger partial charge in [-0.1, -0.05) is 23.2 Å². The maximum absolute atomic E-state index is 5.89. The Morgan fingerprint density at radius 2 is 1.91 bits per heavy atom. The van der Waals surface area contributed by atoms with E-state index in [0.29, 0.717) is 15.8 Å². The maximum Gasteiger partial charge on any atom is 0.137 e. The van der Waals surface area contributed by atoms with Crippen molar-refractivity contribution in [1.29, 1.82) is 0 Å². The zero-order chi connectivity index (χ0) is 8.43. The van der Waals surface area contributed by atoms with E-state index >= 15 is 0 Å². The number of halogens is 2. The van der Waals surface area contributed by atoms with Crippen molar-refractivity contribution in [1.82, 2.24) is 0 Å². The van der Waals surface area contributed by atoms with Crippen LogP contribution in [0.5, 0.6) is 5.75 Å². The number of benzene rings is 1. The van der Waals surface area contributed by atoms with E-state index in [2.05, 4.69) is 0 Å². The molecule has 0 aliphatic heterocycles. The second-order valence-electron chi connectivity index (χ2n) is 2.19. The van der Waals surface area contributed by atoms with Gasteiger partial charge in [0.15, 0.2) is 0 Å². The van der Waals surface area contributed by atoms with E-state index in [0.717, 1.165) is 5.56 Å². The van der Waals surface area contributed by atoms with Gasteiger partial charge in [-0.2, -0.15) is 0 Å². The third-order valence-corrected chi connectivity index (χ3v) is 2.38. The average molecular weight is 191 g/mol. The van der Waals surface area contributed by atoms with Crippen molar-refractivity contribution in [2.75, 3.05) is 7.11 Å². The first kappa shape index (κ1) is 8.69. The van der Waals surface area contributed by atoms with Crippen LogP contribution in [0.3, 0.4) is 0 Å². The van der Waals surface area contributed by atoms with Crippen LogP contribution < -0.4 is 4.74 Å². The quantitative estimate of drug-likeness (QED) is 0.661. The normalized spacial score (nSPS) is 9.82. The molecule has 0 aliphatic carbocycles. The van der Waals surface area contributed by atoms with Crippen molar-refractivity contribution in [3.8, 4) is 5.75 Å². The average Bonchev–Trinajstić information content (AvgIpc) is 2.01. The summed E-state index contributed by atoms with van der Waals surface area (Å²) in [6, 6.07) is 3.51. The van der Waals surface area contributed by atoms with Crippen LogP contribution in [0.15, 0.2) is 12.1 Å². The summed E-state index contributed by atoms with van der Waals surface area (Å²) in [6.45, 7) is 1.85. The number of methoxy groups -OCH3 is 1. The summed E-state index contributed by atoms with van der Waals surface area (Å²) < 4.78 is 4.99. The van der Waals surface area contributed by atoms with Crippen molar-refractivity contribution in [3.05, 3.63) is 27.7 Å². The summed E-state index contributed by atoms with van der Waals surface area (Å²) in [4.78, 5) is 0. The van der Waals surface area contributed by atoms with Crippen LogP contribution in [-0.4, -0.2) is 7.11 Å². The van der Waals surface area contributed by atoms with Gasteiger partial charge in [0.25, 0.3) is 0 Å². The van der Waals surface area contributed by atoms with E-state index in [1.807, 2.05) is 6.92 Å².